The summed E-state index contributed by atoms with van der Waals surface area (Å²) in [6, 6.07) is 10.3. The van der Waals surface area contributed by atoms with Crippen molar-refractivity contribution in [2.24, 2.45) is 0 Å². The molecule has 0 saturated carbocycles. The van der Waals surface area contributed by atoms with Gasteiger partial charge in [-0.05, 0) is 18.2 Å². The topological polar surface area (TPSA) is 173 Å². The normalized spacial score (nSPS) is 12.8. The van der Waals surface area contributed by atoms with Crippen molar-refractivity contribution in [1.29, 1.82) is 0 Å². The molecule has 168 valence electrons. The number of fused-ring (bicyclic) bond motifs is 2. The zero-order valence-electron chi connectivity index (χ0n) is 17.1. The van der Waals surface area contributed by atoms with E-state index in [2.05, 4.69) is 20.4 Å². The van der Waals surface area contributed by atoms with Crippen molar-refractivity contribution in [2.45, 2.75) is 0 Å². The number of hydrogen-bond acceptors (Lipinski definition) is 8. The molecule has 3 amide bonds. The summed E-state index contributed by atoms with van der Waals surface area (Å²) in [7, 11) is 0. The summed E-state index contributed by atoms with van der Waals surface area (Å²) in [5, 5.41) is 18.3. The molecule has 0 atom stereocenters. The Balaban J connectivity index is 1.43. The summed E-state index contributed by atoms with van der Waals surface area (Å²) >= 11 is 0. The third kappa shape index (κ3) is 3.19. The first-order valence-electron chi connectivity index (χ1n) is 9.81. The lowest BCUT2D eigenvalue weighted by atomic mass is 10.1. The van der Waals surface area contributed by atoms with Crippen molar-refractivity contribution < 1.29 is 19.3 Å². The van der Waals surface area contributed by atoms with E-state index in [-0.39, 0.29) is 33.4 Å². The molecule has 3 heterocycles. The fourth-order valence-corrected chi connectivity index (χ4v) is 3.74. The fourth-order valence-electron chi connectivity index (χ4n) is 3.74. The van der Waals surface area contributed by atoms with E-state index in [4.69, 9.17) is 0 Å². The number of aromatic nitrogens is 4. The fraction of sp³-hybridized carbons (Fsp3) is 0.0476. The number of para-hydroxylation sites is 2. The molecule has 13 heteroatoms. The van der Waals surface area contributed by atoms with Crippen molar-refractivity contribution >= 4 is 40.1 Å². The summed E-state index contributed by atoms with van der Waals surface area (Å²) in [5.74, 6) is -2.43. The van der Waals surface area contributed by atoms with E-state index < -0.39 is 34.9 Å². The van der Waals surface area contributed by atoms with Gasteiger partial charge in [0.05, 0.1) is 34.4 Å². The van der Waals surface area contributed by atoms with Gasteiger partial charge in [0.25, 0.3) is 23.1 Å². The molecule has 0 bridgehead atoms. The van der Waals surface area contributed by atoms with Gasteiger partial charge >= 0.3 is 0 Å². The molecule has 0 radical (unpaired) electrons. The Morgan fingerprint density at radius 1 is 1.09 bits per heavy atom. The maximum atomic E-state index is 12.8. The summed E-state index contributed by atoms with van der Waals surface area (Å²) in [5.41, 5.74) is -0.423. The largest absolute Gasteiger partial charge is 0.323 e. The Bertz CT molecular complexity index is 1590. The third-order valence-electron chi connectivity index (χ3n) is 5.25. The molecule has 0 saturated heterocycles. The highest BCUT2D eigenvalue weighted by molar-refractivity contribution is 6.24. The van der Waals surface area contributed by atoms with Crippen molar-refractivity contribution in [1.82, 2.24) is 24.6 Å². The number of H-pyrrole nitrogens is 1. The average molecular weight is 459 g/mol. The Morgan fingerprint density at radius 2 is 1.88 bits per heavy atom. The van der Waals surface area contributed by atoms with Gasteiger partial charge in [-0.1, -0.05) is 18.2 Å². The highest BCUT2D eigenvalue weighted by Gasteiger charge is 2.41. The highest BCUT2D eigenvalue weighted by atomic mass is 16.6. The zero-order chi connectivity index (χ0) is 24.0. The Morgan fingerprint density at radius 3 is 2.68 bits per heavy atom. The SMILES string of the molecule is O=C(CN1C(=O)c2cccc([N+](=O)[O-])c2C1=O)Nc1ccccc1-n1ncc2c(=O)[nH]cnc21. The number of nitrogens with one attached hydrogen (secondary N) is 2. The van der Waals surface area contributed by atoms with E-state index in [1.807, 2.05) is 0 Å². The molecular weight excluding hydrogens is 446 g/mol. The molecule has 2 aromatic heterocycles. The van der Waals surface area contributed by atoms with Crippen molar-refractivity contribution in [3.8, 4) is 5.69 Å². The molecule has 2 aromatic carbocycles. The van der Waals surface area contributed by atoms with Crippen LogP contribution in [0.15, 0.2) is 59.8 Å². The van der Waals surface area contributed by atoms with Gasteiger partial charge in [0.1, 0.15) is 17.5 Å². The Labute approximate surface area is 188 Å². The summed E-state index contributed by atoms with van der Waals surface area (Å²) in [4.78, 5) is 67.9. The number of benzene rings is 2. The molecule has 1 aliphatic rings. The molecule has 0 aliphatic carbocycles. The molecule has 13 nitrogen and oxygen atoms in total. The zero-order valence-corrected chi connectivity index (χ0v) is 17.1. The van der Waals surface area contributed by atoms with Crippen LogP contribution in [0.3, 0.4) is 0 Å². The molecule has 5 rings (SSSR count). The number of nitro groups is 1. The average Bonchev–Trinajstić information content (AvgIpc) is 3.36. The van der Waals surface area contributed by atoms with Gasteiger partial charge in [-0.15, -0.1) is 0 Å². The van der Waals surface area contributed by atoms with Crippen LogP contribution in [0.1, 0.15) is 20.7 Å². The van der Waals surface area contributed by atoms with Crippen LogP contribution in [0, 0.1) is 10.1 Å². The number of carbonyl (C=O) groups is 3. The van der Waals surface area contributed by atoms with Crippen molar-refractivity contribution in [2.75, 3.05) is 11.9 Å². The first kappa shape index (κ1) is 20.7. The van der Waals surface area contributed by atoms with Crippen LogP contribution in [-0.2, 0) is 4.79 Å². The van der Waals surface area contributed by atoms with E-state index in [1.165, 1.54) is 29.3 Å². The summed E-state index contributed by atoms with van der Waals surface area (Å²) in [6.07, 6.45) is 2.57. The Kier molecular flexibility index (Phi) is 4.71. The molecule has 34 heavy (non-hydrogen) atoms. The smallest absolute Gasteiger partial charge is 0.282 e. The van der Waals surface area contributed by atoms with Gasteiger partial charge in [-0.2, -0.15) is 5.10 Å². The minimum absolute atomic E-state index is 0.133. The quantitative estimate of drug-likeness (QED) is 0.255. The molecule has 0 spiro atoms. The van der Waals surface area contributed by atoms with Gasteiger partial charge in [0.2, 0.25) is 5.91 Å². The van der Waals surface area contributed by atoms with Crippen LogP contribution in [0.2, 0.25) is 0 Å². The van der Waals surface area contributed by atoms with Gasteiger partial charge in [-0.25, -0.2) is 9.67 Å². The van der Waals surface area contributed by atoms with Gasteiger partial charge in [0, 0.05) is 6.07 Å². The standard InChI is InChI=1S/C21H13N7O6/c29-16(9-26-20(31)11-4-3-7-15(28(33)34)17(11)21(26)32)25-13-5-1-2-6-14(13)27-18-12(8-24-27)19(30)23-10-22-18/h1-8,10H,9H2,(H,25,29)(H,22,23,30). The molecule has 1 aliphatic heterocycles. The van der Waals surface area contributed by atoms with Crippen LogP contribution in [0.25, 0.3) is 16.7 Å². The van der Waals surface area contributed by atoms with Crippen LogP contribution in [0.5, 0.6) is 0 Å². The van der Waals surface area contributed by atoms with Crippen LogP contribution in [-0.4, -0.2) is 53.8 Å². The molecule has 0 fully saturated rings. The molecular formula is C21H13N7O6. The number of amides is 3. The predicted molar refractivity (Wildman–Crippen MR) is 117 cm³/mol. The number of aromatic amines is 1. The lowest BCUT2D eigenvalue weighted by Gasteiger charge is -2.15. The number of anilines is 1. The number of nitro benzene ring substituents is 1. The third-order valence-corrected chi connectivity index (χ3v) is 5.25. The summed E-state index contributed by atoms with van der Waals surface area (Å²) < 4.78 is 1.37. The van der Waals surface area contributed by atoms with E-state index >= 15 is 0 Å². The van der Waals surface area contributed by atoms with Crippen molar-refractivity contribution in [3.63, 3.8) is 0 Å². The number of nitrogens with zero attached hydrogens (tertiary/aromatic N) is 5. The minimum Gasteiger partial charge on any atom is -0.323 e. The number of carbonyl (C=O) groups excluding carboxylic acids is 3. The first-order valence-corrected chi connectivity index (χ1v) is 9.81. The number of rotatable bonds is 5. The van der Waals surface area contributed by atoms with Crippen molar-refractivity contribution in [3.05, 3.63) is 86.6 Å². The lowest BCUT2D eigenvalue weighted by Crippen LogP contribution is -2.37. The van der Waals surface area contributed by atoms with Gasteiger partial charge in [-0.3, -0.25) is 34.2 Å². The summed E-state index contributed by atoms with van der Waals surface area (Å²) in [6.45, 7) is -0.657. The second kappa shape index (κ2) is 7.74. The first-order chi connectivity index (χ1) is 16.4. The van der Waals surface area contributed by atoms with Gasteiger partial charge < -0.3 is 10.3 Å². The van der Waals surface area contributed by atoms with E-state index in [1.54, 1.807) is 24.3 Å². The molecule has 0 unspecified atom stereocenters. The minimum atomic E-state index is -0.919. The second-order valence-corrected chi connectivity index (χ2v) is 7.24. The second-order valence-electron chi connectivity index (χ2n) is 7.24. The molecule has 4 aromatic rings. The Hall–Kier alpha value is -5.20. The highest BCUT2D eigenvalue weighted by Crippen LogP contribution is 2.30. The van der Waals surface area contributed by atoms with Crippen LogP contribution < -0.4 is 10.9 Å². The molecule has 2 N–H and O–H groups in total. The van der Waals surface area contributed by atoms with Crippen LogP contribution >= 0.6 is 0 Å². The monoisotopic (exact) mass is 459 g/mol. The predicted octanol–water partition coefficient (Wildman–Crippen LogP) is 1.25. The maximum absolute atomic E-state index is 12.8. The van der Waals surface area contributed by atoms with E-state index in [9.17, 15) is 29.3 Å². The van der Waals surface area contributed by atoms with Crippen LogP contribution in [0.4, 0.5) is 11.4 Å². The van der Waals surface area contributed by atoms with E-state index in [0.717, 1.165) is 6.07 Å². The number of hydrogen-bond donors (Lipinski definition) is 2. The lowest BCUT2D eigenvalue weighted by molar-refractivity contribution is -0.385. The number of imide groups is 1. The maximum Gasteiger partial charge on any atom is 0.282 e. The van der Waals surface area contributed by atoms with Gasteiger partial charge in [0.15, 0.2) is 5.65 Å². The van der Waals surface area contributed by atoms with E-state index in [0.29, 0.717) is 10.6 Å².